The molecule has 0 spiro atoms. The maximum atomic E-state index is 13.8. The van der Waals surface area contributed by atoms with E-state index in [1.807, 2.05) is 61.2 Å². The van der Waals surface area contributed by atoms with Crippen LogP contribution < -0.4 is 20.1 Å². The number of carbonyl (C=O) groups is 2. The number of carbonyl (C=O) groups excluding carboxylic acids is 2. The van der Waals surface area contributed by atoms with Gasteiger partial charge in [-0.05, 0) is 56.4 Å². The fourth-order valence-corrected chi connectivity index (χ4v) is 5.25. The Morgan fingerprint density at radius 3 is 2.49 bits per heavy atom. The van der Waals surface area contributed by atoms with Crippen LogP contribution in [0.4, 0.5) is 0 Å². The molecule has 216 valence electrons. The number of nitrogens with zero attached hydrogens (tertiary/aromatic N) is 1. The molecule has 2 aromatic carbocycles. The summed E-state index contributed by atoms with van der Waals surface area (Å²) in [4.78, 5) is 28.9. The molecule has 1 aliphatic carbocycles. The molecule has 1 heterocycles. The number of nitrogens with one attached hydrogen (secondary N) is 2. The Morgan fingerprint density at radius 2 is 1.79 bits per heavy atom. The van der Waals surface area contributed by atoms with Gasteiger partial charge in [0.15, 0.2) is 0 Å². The number of benzene rings is 2. The number of hydrogen-bond donors (Lipinski definition) is 2. The van der Waals surface area contributed by atoms with Crippen molar-refractivity contribution in [3.05, 3.63) is 59.2 Å². The van der Waals surface area contributed by atoms with E-state index in [1.165, 1.54) is 0 Å². The Kier molecular flexibility index (Phi) is 10.2. The molecule has 8 heteroatoms. The van der Waals surface area contributed by atoms with E-state index >= 15 is 0 Å². The minimum Gasteiger partial charge on any atom is -0.496 e. The quantitative estimate of drug-likeness (QED) is 0.363. The molecule has 8 nitrogen and oxygen atoms in total. The SMILES string of the molecule is COCCCOc1cc(CN(C(=O)[C@H]2CNC[C@@H](C(=O)N[C@@H](C)c3ccccc3)C2)C2CC2)cc(OC)c1C.[HH].[HH]. The highest BCUT2D eigenvalue weighted by molar-refractivity contribution is 5.83. The minimum absolute atomic E-state index is 0. The van der Waals surface area contributed by atoms with Gasteiger partial charge >= 0.3 is 0 Å². The fourth-order valence-electron chi connectivity index (χ4n) is 5.25. The maximum absolute atomic E-state index is 13.8. The number of hydrogen-bond acceptors (Lipinski definition) is 6. The topological polar surface area (TPSA) is 89.1 Å². The van der Waals surface area contributed by atoms with Gasteiger partial charge in [0.1, 0.15) is 11.5 Å². The fraction of sp³-hybridized carbons (Fsp3) is 0.548. The van der Waals surface area contributed by atoms with Gasteiger partial charge in [0.2, 0.25) is 11.8 Å². The number of amides is 2. The van der Waals surface area contributed by atoms with Crippen molar-refractivity contribution in [2.45, 2.75) is 58.2 Å². The molecule has 1 saturated heterocycles. The van der Waals surface area contributed by atoms with Crippen LogP contribution in [0.3, 0.4) is 0 Å². The van der Waals surface area contributed by atoms with Crippen molar-refractivity contribution in [1.29, 1.82) is 0 Å². The molecule has 2 aromatic rings. The zero-order chi connectivity index (χ0) is 27.8. The molecule has 0 unspecified atom stereocenters. The van der Waals surface area contributed by atoms with Crippen molar-refractivity contribution in [1.82, 2.24) is 15.5 Å². The first-order valence-corrected chi connectivity index (χ1v) is 14.1. The summed E-state index contributed by atoms with van der Waals surface area (Å²) in [7, 11) is 3.34. The van der Waals surface area contributed by atoms with Crippen LogP contribution in [0.2, 0.25) is 0 Å². The molecule has 3 atom stereocenters. The molecule has 1 saturated carbocycles. The number of methoxy groups -OCH3 is 2. The van der Waals surface area contributed by atoms with Gasteiger partial charge in [-0.2, -0.15) is 0 Å². The Hall–Kier alpha value is -3.10. The average Bonchev–Trinajstić information content (AvgIpc) is 3.81. The summed E-state index contributed by atoms with van der Waals surface area (Å²) in [6.45, 7) is 6.83. The molecular formula is C31H47N3O5. The van der Waals surface area contributed by atoms with E-state index in [1.54, 1.807) is 14.2 Å². The molecule has 0 aromatic heterocycles. The summed E-state index contributed by atoms with van der Waals surface area (Å²) in [6, 6.07) is 14.1. The first-order valence-electron chi connectivity index (χ1n) is 14.1. The van der Waals surface area contributed by atoms with Crippen LogP contribution in [-0.4, -0.2) is 63.3 Å². The Balaban J connectivity index is 0.00000294. The summed E-state index contributed by atoms with van der Waals surface area (Å²) >= 11 is 0. The van der Waals surface area contributed by atoms with Gasteiger partial charge < -0.3 is 29.7 Å². The summed E-state index contributed by atoms with van der Waals surface area (Å²) in [5.74, 6) is 1.15. The highest BCUT2D eigenvalue weighted by atomic mass is 16.5. The van der Waals surface area contributed by atoms with E-state index in [9.17, 15) is 9.59 Å². The predicted molar refractivity (Wildman–Crippen MR) is 155 cm³/mol. The van der Waals surface area contributed by atoms with Crippen molar-refractivity contribution in [3.8, 4) is 11.5 Å². The molecule has 2 amide bonds. The second-order valence-corrected chi connectivity index (χ2v) is 10.7. The molecule has 4 rings (SSSR count). The number of ether oxygens (including phenoxy) is 3. The summed E-state index contributed by atoms with van der Waals surface area (Å²) < 4.78 is 16.8. The van der Waals surface area contributed by atoms with E-state index in [0.29, 0.717) is 39.3 Å². The van der Waals surface area contributed by atoms with Crippen LogP contribution in [0.1, 0.15) is 58.2 Å². The van der Waals surface area contributed by atoms with Crippen LogP contribution in [0.25, 0.3) is 0 Å². The number of rotatable bonds is 13. The van der Waals surface area contributed by atoms with E-state index in [2.05, 4.69) is 10.6 Å². The monoisotopic (exact) mass is 541 g/mol. The summed E-state index contributed by atoms with van der Waals surface area (Å²) in [5.41, 5.74) is 2.99. The van der Waals surface area contributed by atoms with Crippen molar-refractivity contribution in [2.24, 2.45) is 11.8 Å². The van der Waals surface area contributed by atoms with Crippen LogP contribution in [-0.2, 0) is 20.9 Å². The van der Waals surface area contributed by atoms with Crippen LogP contribution in [0, 0.1) is 18.8 Å². The highest BCUT2D eigenvalue weighted by Crippen LogP contribution is 2.35. The lowest BCUT2D eigenvalue weighted by Crippen LogP contribution is -2.49. The largest absolute Gasteiger partial charge is 0.496 e. The third-order valence-electron chi connectivity index (χ3n) is 7.69. The zero-order valence-corrected chi connectivity index (χ0v) is 23.7. The lowest BCUT2D eigenvalue weighted by molar-refractivity contribution is -0.138. The maximum Gasteiger partial charge on any atom is 0.227 e. The first-order chi connectivity index (χ1) is 18.9. The highest BCUT2D eigenvalue weighted by Gasteiger charge is 2.39. The van der Waals surface area contributed by atoms with Gasteiger partial charge in [-0.15, -0.1) is 0 Å². The van der Waals surface area contributed by atoms with Crippen LogP contribution in [0.5, 0.6) is 11.5 Å². The van der Waals surface area contributed by atoms with Crippen LogP contribution >= 0.6 is 0 Å². The van der Waals surface area contributed by atoms with E-state index in [0.717, 1.165) is 47.5 Å². The molecule has 2 N–H and O–H groups in total. The summed E-state index contributed by atoms with van der Waals surface area (Å²) in [5, 5.41) is 6.49. The standard InChI is InChI=1S/C31H43N3O5.2H2/c1-21-28(38-4)15-23(16-29(21)39-14-8-13-37-3)20-34(27-11-12-27)31(36)26-17-25(18-32-19-26)30(35)33-22(2)24-9-6-5-7-10-24;;/h5-7,9-10,15-16,22,25-27,32H,8,11-14,17-20H2,1-4H3,(H,33,35);2*1H/t22-,25-,26+;;/m0../s1. The molecule has 0 radical (unpaired) electrons. The predicted octanol–water partition coefficient (Wildman–Crippen LogP) is 4.51. The number of piperidine rings is 1. The molecule has 39 heavy (non-hydrogen) atoms. The lowest BCUT2D eigenvalue weighted by Gasteiger charge is -2.33. The Bertz CT molecular complexity index is 1120. The van der Waals surface area contributed by atoms with Crippen molar-refractivity contribution in [2.75, 3.05) is 40.5 Å². The second-order valence-electron chi connectivity index (χ2n) is 10.7. The molecular weight excluding hydrogens is 494 g/mol. The van der Waals surface area contributed by atoms with Gasteiger partial charge in [-0.3, -0.25) is 9.59 Å². The van der Waals surface area contributed by atoms with E-state index in [4.69, 9.17) is 14.2 Å². The smallest absolute Gasteiger partial charge is 0.227 e. The molecule has 1 aliphatic heterocycles. The van der Waals surface area contributed by atoms with Gasteiger partial charge in [-0.25, -0.2) is 0 Å². The van der Waals surface area contributed by atoms with Crippen molar-refractivity contribution in [3.63, 3.8) is 0 Å². The zero-order valence-electron chi connectivity index (χ0n) is 23.7. The molecule has 2 aliphatic rings. The third kappa shape index (κ3) is 7.73. The van der Waals surface area contributed by atoms with E-state index < -0.39 is 0 Å². The van der Waals surface area contributed by atoms with Gasteiger partial charge in [0, 0.05) is 54.2 Å². The summed E-state index contributed by atoms with van der Waals surface area (Å²) in [6.07, 6.45) is 3.36. The minimum atomic E-state index is -0.244. The van der Waals surface area contributed by atoms with Gasteiger partial charge in [0.05, 0.1) is 31.6 Å². The van der Waals surface area contributed by atoms with Crippen molar-refractivity contribution >= 4 is 11.8 Å². The van der Waals surface area contributed by atoms with Gasteiger partial charge in [-0.1, -0.05) is 30.3 Å². The molecule has 0 bridgehead atoms. The Labute approximate surface area is 235 Å². The Morgan fingerprint density at radius 1 is 1.08 bits per heavy atom. The van der Waals surface area contributed by atoms with E-state index in [-0.39, 0.29) is 38.6 Å². The third-order valence-corrected chi connectivity index (χ3v) is 7.69. The van der Waals surface area contributed by atoms with Crippen LogP contribution in [0.15, 0.2) is 42.5 Å². The normalized spacial score (nSPS) is 19.7. The molecule has 2 fully saturated rings. The average molecular weight is 542 g/mol. The second kappa shape index (κ2) is 13.8. The lowest BCUT2D eigenvalue weighted by atomic mass is 9.88. The first kappa shape index (κ1) is 28.9. The van der Waals surface area contributed by atoms with Gasteiger partial charge in [0.25, 0.3) is 0 Å². The van der Waals surface area contributed by atoms with Crippen molar-refractivity contribution < 1.29 is 26.7 Å².